The standard InChI is InChI=1S/C14H21FN2O.C7H8O3S/c1-2-3-4-8-17-9-7-12(17)11-18-13-5-6-14(15)16-10-13;1-6-2-4-7(5-3-6)11(8,9)10/h5-6,10,12H,2-4,7-9,11H2,1H3;2-5H,1H3,(H,8,9,10)/t12-;/m0./s1. The summed E-state index contributed by atoms with van der Waals surface area (Å²) in [6, 6.07) is 9.46. The van der Waals surface area contributed by atoms with Crippen molar-refractivity contribution in [2.75, 3.05) is 19.7 Å². The Hall–Kier alpha value is -2.03. The highest BCUT2D eigenvalue weighted by molar-refractivity contribution is 7.85. The average molecular weight is 425 g/mol. The molecule has 1 N–H and O–H groups in total. The first kappa shape index (κ1) is 23.3. The van der Waals surface area contributed by atoms with Crippen molar-refractivity contribution >= 4 is 10.1 Å². The zero-order chi connectivity index (χ0) is 21.3. The van der Waals surface area contributed by atoms with Gasteiger partial charge in [-0.3, -0.25) is 9.45 Å². The SMILES string of the molecule is CCCCCN1CC[C@H]1COc1ccc(F)nc1.Cc1ccc(S(=O)(=O)O)cc1. The van der Waals surface area contributed by atoms with Gasteiger partial charge in [0.05, 0.1) is 11.1 Å². The number of aromatic nitrogens is 1. The number of likely N-dealkylation sites (tertiary alicyclic amines) is 1. The van der Waals surface area contributed by atoms with E-state index in [1.54, 1.807) is 18.2 Å². The smallest absolute Gasteiger partial charge is 0.294 e. The second kappa shape index (κ2) is 11.2. The highest BCUT2D eigenvalue weighted by Gasteiger charge is 2.27. The summed E-state index contributed by atoms with van der Waals surface area (Å²) < 4.78 is 47.8. The van der Waals surface area contributed by atoms with Gasteiger partial charge in [0.2, 0.25) is 5.95 Å². The second-order valence-corrected chi connectivity index (χ2v) is 8.52. The van der Waals surface area contributed by atoms with Crippen LogP contribution in [-0.4, -0.2) is 48.6 Å². The first-order valence-electron chi connectivity index (χ1n) is 9.82. The van der Waals surface area contributed by atoms with E-state index in [2.05, 4.69) is 16.8 Å². The van der Waals surface area contributed by atoms with Gasteiger partial charge in [-0.15, -0.1) is 0 Å². The molecule has 8 heteroatoms. The molecule has 1 aliphatic heterocycles. The van der Waals surface area contributed by atoms with E-state index in [-0.39, 0.29) is 4.90 Å². The number of pyridine rings is 1. The monoisotopic (exact) mass is 424 g/mol. The second-order valence-electron chi connectivity index (χ2n) is 7.10. The summed E-state index contributed by atoms with van der Waals surface area (Å²) >= 11 is 0. The Bertz CT molecular complexity index is 842. The van der Waals surface area contributed by atoms with Crippen LogP contribution in [0, 0.1) is 12.9 Å². The molecular weight excluding hydrogens is 395 g/mol. The van der Waals surface area contributed by atoms with Crippen LogP contribution in [-0.2, 0) is 10.1 Å². The fraction of sp³-hybridized carbons (Fsp3) is 0.476. The highest BCUT2D eigenvalue weighted by atomic mass is 32.2. The van der Waals surface area contributed by atoms with Crippen molar-refractivity contribution in [1.82, 2.24) is 9.88 Å². The molecule has 0 aliphatic carbocycles. The molecule has 2 aromatic rings. The Kier molecular flexibility index (Phi) is 9.00. The van der Waals surface area contributed by atoms with Gasteiger partial charge in [-0.25, -0.2) is 4.98 Å². The predicted molar refractivity (Wildman–Crippen MR) is 110 cm³/mol. The number of hydrogen-bond acceptors (Lipinski definition) is 5. The quantitative estimate of drug-likeness (QED) is 0.390. The Morgan fingerprint density at radius 3 is 2.45 bits per heavy atom. The first-order chi connectivity index (χ1) is 13.8. The molecule has 1 fully saturated rings. The number of benzene rings is 1. The van der Waals surface area contributed by atoms with Crippen LogP contribution in [0.2, 0.25) is 0 Å². The molecule has 0 amide bonds. The summed E-state index contributed by atoms with van der Waals surface area (Å²) in [7, 11) is -4.02. The van der Waals surface area contributed by atoms with Crippen molar-refractivity contribution < 1.29 is 22.1 Å². The van der Waals surface area contributed by atoms with Crippen molar-refractivity contribution in [1.29, 1.82) is 0 Å². The van der Waals surface area contributed by atoms with E-state index in [1.807, 2.05) is 6.92 Å². The highest BCUT2D eigenvalue weighted by Crippen LogP contribution is 2.20. The van der Waals surface area contributed by atoms with Crippen molar-refractivity contribution in [3.63, 3.8) is 0 Å². The van der Waals surface area contributed by atoms with Gasteiger partial charge in [0, 0.05) is 12.6 Å². The lowest BCUT2D eigenvalue weighted by Crippen LogP contribution is -2.51. The number of nitrogens with zero attached hydrogens (tertiary/aromatic N) is 2. The van der Waals surface area contributed by atoms with Crippen LogP contribution in [0.15, 0.2) is 47.5 Å². The van der Waals surface area contributed by atoms with E-state index < -0.39 is 16.1 Å². The molecule has 0 bridgehead atoms. The van der Waals surface area contributed by atoms with E-state index in [0.29, 0.717) is 18.4 Å². The van der Waals surface area contributed by atoms with Crippen LogP contribution < -0.4 is 4.74 Å². The van der Waals surface area contributed by atoms with Crippen molar-refractivity contribution in [3.8, 4) is 5.75 Å². The molecule has 1 atom stereocenters. The Morgan fingerprint density at radius 2 is 1.93 bits per heavy atom. The summed E-state index contributed by atoms with van der Waals surface area (Å²) in [6.45, 7) is 7.09. The summed E-state index contributed by atoms with van der Waals surface area (Å²) in [5, 5.41) is 0. The largest absolute Gasteiger partial charge is 0.490 e. The molecule has 0 radical (unpaired) electrons. The first-order valence-corrected chi connectivity index (χ1v) is 11.3. The minimum atomic E-state index is -4.02. The summed E-state index contributed by atoms with van der Waals surface area (Å²) in [4.78, 5) is 5.97. The molecule has 1 aromatic heterocycles. The van der Waals surface area contributed by atoms with Gasteiger partial charge in [-0.05, 0) is 50.6 Å². The van der Waals surface area contributed by atoms with Gasteiger partial charge >= 0.3 is 0 Å². The van der Waals surface area contributed by atoms with Crippen molar-refractivity contribution in [2.24, 2.45) is 0 Å². The number of rotatable bonds is 8. The Morgan fingerprint density at radius 1 is 1.21 bits per heavy atom. The van der Waals surface area contributed by atoms with E-state index in [4.69, 9.17) is 9.29 Å². The summed E-state index contributed by atoms with van der Waals surface area (Å²) in [6.07, 6.45) is 6.46. The number of aryl methyl sites for hydroxylation is 1. The van der Waals surface area contributed by atoms with Gasteiger partial charge in [0.15, 0.2) is 0 Å². The van der Waals surface area contributed by atoms with E-state index in [9.17, 15) is 12.8 Å². The molecule has 2 heterocycles. The Balaban J connectivity index is 0.000000234. The van der Waals surface area contributed by atoms with Gasteiger partial charge < -0.3 is 4.74 Å². The average Bonchev–Trinajstić information content (AvgIpc) is 2.66. The maximum absolute atomic E-state index is 12.6. The topological polar surface area (TPSA) is 79.7 Å². The third-order valence-corrected chi connectivity index (χ3v) is 5.64. The molecule has 0 spiro atoms. The third kappa shape index (κ3) is 8.08. The molecule has 29 heavy (non-hydrogen) atoms. The molecule has 1 saturated heterocycles. The van der Waals surface area contributed by atoms with Crippen molar-refractivity contribution in [3.05, 3.63) is 54.1 Å². The zero-order valence-corrected chi connectivity index (χ0v) is 17.7. The predicted octanol–water partition coefficient (Wildman–Crippen LogP) is 4.11. The van der Waals surface area contributed by atoms with Gasteiger partial charge in [-0.2, -0.15) is 12.8 Å². The number of hydrogen-bond donors (Lipinski definition) is 1. The fourth-order valence-corrected chi connectivity index (χ4v) is 3.37. The fourth-order valence-electron chi connectivity index (χ4n) is 2.89. The van der Waals surface area contributed by atoms with Crippen molar-refractivity contribution in [2.45, 2.75) is 50.5 Å². The Labute approximate surface area is 172 Å². The molecule has 160 valence electrons. The minimum Gasteiger partial charge on any atom is -0.490 e. The van der Waals surface area contributed by atoms with E-state index in [0.717, 1.165) is 5.56 Å². The molecule has 1 aliphatic rings. The zero-order valence-electron chi connectivity index (χ0n) is 16.9. The van der Waals surface area contributed by atoms with Crippen LogP contribution in [0.4, 0.5) is 4.39 Å². The lowest BCUT2D eigenvalue weighted by Gasteiger charge is -2.40. The van der Waals surface area contributed by atoms with Crippen LogP contribution in [0.5, 0.6) is 5.75 Å². The van der Waals surface area contributed by atoms with Crippen LogP contribution in [0.25, 0.3) is 0 Å². The number of unbranched alkanes of at least 4 members (excludes halogenated alkanes) is 2. The number of halogens is 1. The molecule has 1 aromatic carbocycles. The van der Waals surface area contributed by atoms with E-state index in [1.165, 1.54) is 63.2 Å². The van der Waals surface area contributed by atoms with E-state index >= 15 is 0 Å². The minimum absolute atomic E-state index is 0.0666. The molecule has 0 unspecified atom stereocenters. The van der Waals surface area contributed by atoms with Crippen LogP contribution in [0.1, 0.15) is 38.2 Å². The van der Waals surface area contributed by atoms with Gasteiger partial charge in [0.1, 0.15) is 12.4 Å². The molecule has 6 nitrogen and oxygen atoms in total. The maximum atomic E-state index is 12.6. The van der Waals surface area contributed by atoms with Crippen LogP contribution >= 0.6 is 0 Å². The normalized spacial score (nSPS) is 16.5. The maximum Gasteiger partial charge on any atom is 0.294 e. The van der Waals surface area contributed by atoms with Gasteiger partial charge in [-0.1, -0.05) is 37.5 Å². The summed E-state index contributed by atoms with van der Waals surface area (Å²) in [5.74, 6) is 0.184. The van der Waals surface area contributed by atoms with Gasteiger partial charge in [0.25, 0.3) is 10.1 Å². The molecule has 0 saturated carbocycles. The van der Waals surface area contributed by atoms with Crippen LogP contribution in [0.3, 0.4) is 0 Å². The lowest BCUT2D eigenvalue weighted by molar-refractivity contribution is 0.0492. The molecular formula is C21H29FN2O4S. The molecule has 3 rings (SSSR count). The third-order valence-electron chi connectivity index (χ3n) is 4.78. The summed E-state index contributed by atoms with van der Waals surface area (Å²) in [5.41, 5.74) is 0.956. The lowest BCUT2D eigenvalue weighted by atomic mass is 10.0. The number of ether oxygens (including phenoxy) is 1.